The first-order valence-corrected chi connectivity index (χ1v) is 5.85. The summed E-state index contributed by atoms with van der Waals surface area (Å²) in [6.07, 6.45) is 3.68. The van der Waals surface area contributed by atoms with Gasteiger partial charge < -0.3 is 15.0 Å². The van der Waals surface area contributed by atoms with Crippen molar-refractivity contribution in [3.05, 3.63) is 0 Å². The second kappa shape index (κ2) is 4.72. The number of rotatable bonds is 3. The zero-order valence-corrected chi connectivity index (χ0v) is 9.57. The van der Waals surface area contributed by atoms with Gasteiger partial charge in [-0.3, -0.25) is 4.79 Å². The highest BCUT2D eigenvalue weighted by molar-refractivity contribution is 5.86. The molecule has 1 heterocycles. The van der Waals surface area contributed by atoms with Gasteiger partial charge in [-0.25, -0.2) is 4.79 Å². The van der Waals surface area contributed by atoms with E-state index in [-0.39, 0.29) is 11.9 Å². The summed E-state index contributed by atoms with van der Waals surface area (Å²) in [6.45, 7) is 1.65. The highest BCUT2D eigenvalue weighted by Crippen LogP contribution is 2.34. The highest BCUT2D eigenvalue weighted by atomic mass is 16.5. The summed E-state index contributed by atoms with van der Waals surface area (Å²) in [5, 5.41) is 2.65. The molecule has 0 radical (unpaired) electrons. The molecular formula is C11H18N2O3. The Hall–Kier alpha value is -1.26. The fourth-order valence-corrected chi connectivity index (χ4v) is 2.13. The average molecular weight is 226 g/mol. The van der Waals surface area contributed by atoms with E-state index in [0.29, 0.717) is 5.92 Å². The highest BCUT2D eigenvalue weighted by Gasteiger charge is 2.39. The fourth-order valence-electron chi connectivity index (χ4n) is 2.13. The number of carbonyl (C=O) groups excluding carboxylic acids is 2. The van der Waals surface area contributed by atoms with E-state index in [1.165, 1.54) is 7.11 Å². The Balaban J connectivity index is 1.95. The molecule has 2 aliphatic rings. The van der Waals surface area contributed by atoms with Crippen molar-refractivity contribution < 1.29 is 14.3 Å². The molecule has 2 rings (SSSR count). The van der Waals surface area contributed by atoms with Gasteiger partial charge in [-0.05, 0) is 31.6 Å². The van der Waals surface area contributed by atoms with Crippen LogP contribution in [-0.2, 0) is 9.53 Å². The summed E-state index contributed by atoms with van der Waals surface area (Å²) in [5.41, 5.74) is 0. The number of likely N-dealkylation sites (tertiary alicyclic amines) is 1. The standard InChI is InChI=1S/C11H18N2O3/c1-16-11(15)12-9(8-4-5-8)10(14)13-6-2-3-7-13/h8-9H,2-7H2,1H3,(H,12,15)/t9-/m0/s1. The van der Waals surface area contributed by atoms with E-state index in [0.717, 1.165) is 38.8 Å². The van der Waals surface area contributed by atoms with Gasteiger partial charge in [0, 0.05) is 13.1 Å². The summed E-state index contributed by atoms with van der Waals surface area (Å²) < 4.78 is 4.55. The van der Waals surface area contributed by atoms with Crippen LogP contribution in [0.3, 0.4) is 0 Å². The number of amides is 2. The van der Waals surface area contributed by atoms with Crippen LogP contribution in [0.25, 0.3) is 0 Å². The van der Waals surface area contributed by atoms with Crippen LogP contribution in [0.1, 0.15) is 25.7 Å². The van der Waals surface area contributed by atoms with Crippen molar-refractivity contribution >= 4 is 12.0 Å². The van der Waals surface area contributed by atoms with Crippen LogP contribution < -0.4 is 5.32 Å². The lowest BCUT2D eigenvalue weighted by atomic mass is 10.1. The minimum absolute atomic E-state index is 0.0606. The third-order valence-corrected chi connectivity index (χ3v) is 3.24. The number of nitrogens with one attached hydrogen (secondary N) is 1. The summed E-state index contributed by atoms with van der Waals surface area (Å²) >= 11 is 0. The SMILES string of the molecule is COC(=O)N[C@H](C(=O)N1CCCC1)C1CC1. The second-order valence-corrected chi connectivity index (χ2v) is 4.48. The number of nitrogens with zero attached hydrogens (tertiary/aromatic N) is 1. The number of alkyl carbamates (subject to hydrolysis) is 1. The quantitative estimate of drug-likeness (QED) is 0.772. The molecule has 1 N–H and O–H groups in total. The molecule has 90 valence electrons. The zero-order chi connectivity index (χ0) is 11.5. The van der Waals surface area contributed by atoms with Crippen LogP contribution in [0, 0.1) is 5.92 Å². The Labute approximate surface area is 95.1 Å². The number of methoxy groups -OCH3 is 1. The molecular weight excluding hydrogens is 208 g/mol. The molecule has 1 saturated carbocycles. The molecule has 1 atom stereocenters. The first kappa shape index (κ1) is 11.2. The van der Waals surface area contributed by atoms with Crippen LogP contribution in [0.15, 0.2) is 0 Å². The van der Waals surface area contributed by atoms with Gasteiger partial charge in [0.1, 0.15) is 6.04 Å². The number of carbonyl (C=O) groups is 2. The lowest BCUT2D eigenvalue weighted by Gasteiger charge is -2.23. The summed E-state index contributed by atoms with van der Waals surface area (Å²) in [6, 6.07) is -0.370. The largest absolute Gasteiger partial charge is 0.453 e. The molecule has 16 heavy (non-hydrogen) atoms. The molecule has 0 bridgehead atoms. The maximum Gasteiger partial charge on any atom is 0.407 e. The Bertz CT molecular complexity index is 283. The Kier molecular flexibility index (Phi) is 3.31. The fraction of sp³-hybridized carbons (Fsp3) is 0.818. The van der Waals surface area contributed by atoms with E-state index >= 15 is 0 Å². The molecule has 0 aromatic carbocycles. The maximum atomic E-state index is 12.1. The second-order valence-electron chi connectivity index (χ2n) is 4.48. The van der Waals surface area contributed by atoms with Gasteiger partial charge in [-0.2, -0.15) is 0 Å². The van der Waals surface area contributed by atoms with Crippen LogP contribution in [0.4, 0.5) is 4.79 Å². The van der Waals surface area contributed by atoms with E-state index in [4.69, 9.17) is 0 Å². The Morgan fingerprint density at radius 1 is 1.31 bits per heavy atom. The van der Waals surface area contributed by atoms with Crippen molar-refractivity contribution in [1.29, 1.82) is 0 Å². The third kappa shape index (κ3) is 2.46. The third-order valence-electron chi connectivity index (χ3n) is 3.24. The van der Waals surface area contributed by atoms with Crippen molar-refractivity contribution in [3.63, 3.8) is 0 Å². The summed E-state index contributed by atoms with van der Waals surface area (Å²) in [5.74, 6) is 0.373. The van der Waals surface area contributed by atoms with Crippen LogP contribution in [0.5, 0.6) is 0 Å². The molecule has 2 amide bonds. The van der Waals surface area contributed by atoms with E-state index < -0.39 is 6.09 Å². The minimum Gasteiger partial charge on any atom is -0.453 e. The first-order valence-electron chi connectivity index (χ1n) is 5.85. The van der Waals surface area contributed by atoms with E-state index in [1.54, 1.807) is 0 Å². The lowest BCUT2D eigenvalue weighted by Crippen LogP contribution is -2.49. The van der Waals surface area contributed by atoms with Crippen LogP contribution in [0.2, 0.25) is 0 Å². The van der Waals surface area contributed by atoms with Gasteiger partial charge in [0.05, 0.1) is 7.11 Å². The molecule has 5 heteroatoms. The minimum atomic E-state index is -0.510. The topological polar surface area (TPSA) is 58.6 Å². The zero-order valence-electron chi connectivity index (χ0n) is 9.57. The molecule has 0 aromatic heterocycles. The van der Waals surface area contributed by atoms with E-state index in [1.807, 2.05) is 4.90 Å². The molecule has 2 fully saturated rings. The van der Waals surface area contributed by atoms with Crippen molar-refractivity contribution in [2.45, 2.75) is 31.7 Å². The number of ether oxygens (including phenoxy) is 1. The van der Waals surface area contributed by atoms with Crippen molar-refractivity contribution in [2.24, 2.45) is 5.92 Å². The van der Waals surface area contributed by atoms with Gasteiger partial charge in [-0.15, -0.1) is 0 Å². The van der Waals surface area contributed by atoms with Gasteiger partial charge in [0.2, 0.25) is 5.91 Å². The first-order chi connectivity index (χ1) is 7.72. The van der Waals surface area contributed by atoms with Gasteiger partial charge in [0.25, 0.3) is 0 Å². The van der Waals surface area contributed by atoms with Crippen LogP contribution in [-0.4, -0.2) is 43.1 Å². The molecule has 0 aromatic rings. The monoisotopic (exact) mass is 226 g/mol. The molecule has 0 spiro atoms. The summed E-state index contributed by atoms with van der Waals surface area (Å²) in [4.78, 5) is 25.1. The van der Waals surface area contributed by atoms with Crippen molar-refractivity contribution in [1.82, 2.24) is 10.2 Å². The molecule has 0 unspecified atom stereocenters. The molecule has 1 aliphatic carbocycles. The Morgan fingerprint density at radius 2 is 1.94 bits per heavy atom. The van der Waals surface area contributed by atoms with Gasteiger partial charge >= 0.3 is 6.09 Å². The van der Waals surface area contributed by atoms with E-state index in [2.05, 4.69) is 10.1 Å². The number of hydrogen-bond acceptors (Lipinski definition) is 3. The van der Waals surface area contributed by atoms with Crippen molar-refractivity contribution in [3.8, 4) is 0 Å². The van der Waals surface area contributed by atoms with Crippen LogP contribution >= 0.6 is 0 Å². The predicted octanol–water partition coefficient (Wildman–Crippen LogP) is 0.743. The molecule has 1 saturated heterocycles. The Morgan fingerprint density at radius 3 is 2.44 bits per heavy atom. The van der Waals surface area contributed by atoms with Crippen molar-refractivity contribution in [2.75, 3.05) is 20.2 Å². The smallest absolute Gasteiger partial charge is 0.407 e. The molecule has 1 aliphatic heterocycles. The van der Waals surface area contributed by atoms with Gasteiger partial charge in [-0.1, -0.05) is 0 Å². The van der Waals surface area contributed by atoms with E-state index in [9.17, 15) is 9.59 Å². The number of hydrogen-bond donors (Lipinski definition) is 1. The summed E-state index contributed by atoms with van der Waals surface area (Å²) in [7, 11) is 1.32. The predicted molar refractivity (Wildman–Crippen MR) is 57.9 cm³/mol. The lowest BCUT2D eigenvalue weighted by molar-refractivity contribution is -0.132. The maximum absolute atomic E-state index is 12.1. The average Bonchev–Trinajstić information content (AvgIpc) is 2.98. The normalized spacial score (nSPS) is 21.7. The van der Waals surface area contributed by atoms with Gasteiger partial charge in [0.15, 0.2) is 0 Å². The molecule has 5 nitrogen and oxygen atoms in total.